The molecule has 0 atom stereocenters. The molecular weight excluding hydrogens is 282 g/mol. The monoisotopic (exact) mass is 295 g/mol. The lowest BCUT2D eigenvalue weighted by Gasteiger charge is -2.06. The van der Waals surface area contributed by atoms with Crippen molar-refractivity contribution in [2.45, 2.75) is 6.54 Å². The molecule has 0 saturated heterocycles. The molecule has 1 aromatic heterocycles. The van der Waals surface area contributed by atoms with E-state index in [-0.39, 0.29) is 0 Å². The van der Waals surface area contributed by atoms with Gasteiger partial charge in [-0.05, 0) is 11.6 Å². The van der Waals surface area contributed by atoms with E-state index in [9.17, 15) is 0 Å². The highest BCUT2D eigenvalue weighted by atomic mass is 79.9. The van der Waals surface area contributed by atoms with Gasteiger partial charge in [0.1, 0.15) is 0 Å². The Labute approximate surface area is 108 Å². The fourth-order valence-corrected chi connectivity index (χ4v) is 1.85. The van der Waals surface area contributed by atoms with Crippen LogP contribution in [0.4, 0.5) is 11.9 Å². The van der Waals surface area contributed by atoms with Crippen molar-refractivity contribution in [3.05, 3.63) is 34.3 Å². The largest absolute Gasteiger partial charge is 0.368 e. The Morgan fingerprint density at radius 1 is 1.35 bits per heavy atom. The van der Waals surface area contributed by atoms with Gasteiger partial charge >= 0.3 is 0 Å². The van der Waals surface area contributed by atoms with E-state index in [0.29, 0.717) is 18.4 Å². The second-order valence-corrected chi connectivity index (χ2v) is 4.77. The lowest BCUT2D eigenvalue weighted by Crippen LogP contribution is -2.11. The third-order valence-electron chi connectivity index (χ3n) is 2.37. The Morgan fingerprint density at radius 3 is 2.65 bits per heavy atom. The first-order chi connectivity index (χ1) is 8.08. The van der Waals surface area contributed by atoms with E-state index in [1.807, 2.05) is 43.3 Å². The standard InChI is InChI=1S/C11H14BrN5/c1-16(2)11-14-10(13)17(15-11)7-8-5-3-4-6-9(8)12/h3-6H,7H2,1-2H3,(H2,13,14,15). The van der Waals surface area contributed by atoms with Gasteiger partial charge in [-0.1, -0.05) is 34.1 Å². The molecule has 0 spiro atoms. The molecule has 0 aliphatic carbocycles. The summed E-state index contributed by atoms with van der Waals surface area (Å²) >= 11 is 3.50. The van der Waals surface area contributed by atoms with Crippen molar-refractivity contribution in [2.24, 2.45) is 0 Å². The van der Waals surface area contributed by atoms with Crippen molar-refractivity contribution < 1.29 is 0 Å². The summed E-state index contributed by atoms with van der Waals surface area (Å²) in [6.45, 7) is 0.605. The fraction of sp³-hybridized carbons (Fsp3) is 0.273. The number of rotatable bonds is 3. The predicted molar refractivity (Wildman–Crippen MR) is 72.0 cm³/mol. The van der Waals surface area contributed by atoms with E-state index in [1.54, 1.807) is 4.68 Å². The first-order valence-corrected chi connectivity index (χ1v) is 5.98. The number of aromatic nitrogens is 3. The number of nitrogens with two attached hydrogens (primary N) is 1. The minimum atomic E-state index is 0.421. The van der Waals surface area contributed by atoms with E-state index < -0.39 is 0 Å². The zero-order chi connectivity index (χ0) is 12.4. The van der Waals surface area contributed by atoms with Crippen molar-refractivity contribution in [1.82, 2.24) is 14.8 Å². The summed E-state index contributed by atoms with van der Waals surface area (Å²) in [5.41, 5.74) is 6.94. The molecule has 0 aliphatic rings. The van der Waals surface area contributed by atoms with Gasteiger partial charge in [-0.2, -0.15) is 4.98 Å². The van der Waals surface area contributed by atoms with E-state index >= 15 is 0 Å². The molecule has 0 bridgehead atoms. The van der Waals surface area contributed by atoms with Crippen LogP contribution in [0.15, 0.2) is 28.7 Å². The highest BCUT2D eigenvalue weighted by Gasteiger charge is 2.09. The SMILES string of the molecule is CN(C)c1nc(N)n(Cc2ccccc2Br)n1. The zero-order valence-corrected chi connectivity index (χ0v) is 11.3. The van der Waals surface area contributed by atoms with Gasteiger partial charge < -0.3 is 10.6 Å². The molecule has 1 heterocycles. The van der Waals surface area contributed by atoms with Crippen molar-refractivity contribution in [1.29, 1.82) is 0 Å². The third kappa shape index (κ3) is 2.58. The van der Waals surface area contributed by atoms with E-state index in [4.69, 9.17) is 5.73 Å². The fourth-order valence-electron chi connectivity index (χ4n) is 1.44. The Hall–Kier alpha value is -1.56. The summed E-state index contributed by atoms with van der Waals surface area (Å²) in [7, 11) is 3.77. The lowest BCUT2D eigenvalue weighted by molar-refractivity contribution is 0.692. The van der Waals surface area contributed by atoms with Gasteiger partial charge in [-0.15, -0.1) is 5.10 Å². The second-order valence-electron chi connectivity index (χ2n) is 3.91. The number of nitrogens with zero attached hydrogens (tertiary/aromatic N) is 4. The third-order valence-corrected chi connectivity index (χ3v) is 3.14. The number of halogens is 1. The molecule has 5 nitrogen and oxygen atoms in total. The number of anilines is 2. The lowest BCUT2D eigenvalue weighted by atomic mass is 10.2. The van der Waals surface area contributed by atoms with E-state index in [1.165, 1.54) is 0 Å². The van der Waals surface area contributed by atoms with Crippen LogP contribution in [0.1, 0.15) is 5.56 Å². The van der Waals surface area contributed by atoms with Crippen LogP contribution in [0, 0.1) is 0 Å². The second kappa shape index (κ2) is 4.75. The topological polar surface area (TPSA) is 60.0 Å². The normalized spacial score (nSPS) is 10.5. The van der Waals surface area contributed by atoms with Crippen LogP contribution in [-0.4, -0.2) is 28.9 Å². The van der Waals surface area contributed by atoms with Crippen LogP contribution in [-0.2, 0) is 6.54 Å². The summed E-state index contributed by atoms with van der Waals surface area (Å²) in [5.74, 6) is 1.04. The summed E-state index contributed by atoms with van der Waals surface area (Å²) in [5, 5.41) is 4.33. The Bertz CT molecular complexity index is 520. The highest BCUT2D eigenvalue weighted by molar-refractivity contribution is 9.10. The molecule has 0 unspecified atom stereocenters. The van der Waals surface area contributed by atoms with Crippen molar-refractivity contribution in [3.8, 4) is 0 Å². The molecule has 6 heteroatoms. The zero-order valence-electron chi connectivity index (χ0n) is 9.76. The summed E-state index contributed by atoms with van der Waals surface area (Å²) in [6.07, 6.45) is 0. The quantitative estimate of drug-likeness (QED) is 0.937. The number of nitrogen functional groups attached to an aromatic ring is 1. The average molecular weight is 296 g/mol. The summed E-state index contributed by atoms with van der Waals surface area (Å²) < 4.78 is 2.73. The van der Waals surface area contributed by atoms with Crippen LogP contribution in [0.3, 0.4) is 0 Å². The number of benzene rings is 1. The van der Waals surface area contributed by atoms with Gasteiger partial charge in [0.2, 0.25) is 11.9 Å². The van der Waals surface area contributed by atoms with Crippen LogP contribution < -0.4 is 10.6 Å². The Kier molecular flexibility index (Phi) is 3.33. The Morgan fingerprint density at radius 2 is 2.06 bits per heavy atom. The molecule has 2 aromatic rings. The maximum absolute atomic E-state index is 5.82. The average Bonchev–Trinajstić information content (AvgIpc) is 2.64. The molecule has 0 aliphatic heterocycles. The molecular formula is C11H14BrN5. The molecule has 0 radical (unpaired) electrons. The predicted octanol–water partition coefficient (Wildman–Crippen LogP) is 1.74. The van der Waals surface area contributed by atoms with Gasteiger partial charge in [0.15, 0.2) is 0 Å². The first kappa shape index (κ1) is 11.9. The van der Waals surface area contributed by atoms with Crippen molar-refractivity contribution in [3.63, 3.8) is 0 Å². The Balaban J connectivity index is 2.27. The maximum atomic E-state index is 5.82. The van der Waals surface area contributed by atoms with Crippen LogP contribution >= 0.6 is 15.9 Å². The number of hydrogen-bond acceptors (Lipinski definition) is 4. The van der Waals surface area contributed by atoms with Crippen molar-refractivity contribution in [2.75, 3.05) is 24.7 Å². The van der Waals surface area contributed by atoms with Crippen LogP contribution in [0.2, 0.25) is 0 Å². The molecule has 0 fully saturated rings. The van der Waals surface area contributed by atoms with Gasteiger partial charge in [0, 0.05) is 18.6 Å². The van der Waals surface area contributed by atoms with Gasteiger partial charge in [0.05, 0.1) is 6.54 Å². The summed E-state index contributed by atoms with van der Waals surface area (Å²) in [4.78, 5) is 6.00. The van der Waals surface area contributed by atoms with Crippen molar-refractivity contribution >= 4 is 27.8 Å². The molecule has 1 aromatic carbocycles. The minimum absolute atomic E-state index is 0.421. The molecule has 0 amide bonds. The van der Waals surface area contributed by atoms with Crippen LogP contribution in [0.5, 0.6) is 0 Å². The first-order valence-electron chi connectivity index (χ1n) is 5.19. The molecule has 2 N–H and O–H groups in total. The summed E-state index contributed by atoms with van der Waals surface area (Å²) in [6, 6.07) is 7.99. The van der Waals surface area contributed by atoms with E-state index in [2.05, 4.69) is 26.0 Å². The van der Waals surface area contributed by atoms with Gasteiger partial charge in [-0.25, -0.2) is 4.68 Å². The van der Waals surface area contributed by atoms with Gasteiger partial charge in [0.25, 0.3) is 0 Å². The molecule has 17 heavy (non-hydrogen) atoms. The minimum Gasteiger partial charge on any atom is -0.368 e. The molecule has 2 rings (SSSR count). The van der Waals surface area contributed by atoms with Gasteiger partial charge in [-0.3, -0.25) is 0 Å². The highest BCUT2D eigenvalue weighted by Crippen LogP contribution is 2.18. The maximum Gasteiger partial charge on any atom is 0.246 e. The number of hydrogen-bond donors (Lipinski definition) is 1. The smallest absolute Gasteiger partial charge is 0.246 e. The van der Waals surface area contributed by atoms with E-state index in [0.717, 1.165) is 10.0 Å². The molecule has 0 saturated carbocycles. The molecule has 90 valence electrons. The van der Waals surface area contributed by atoms with Crippen LogP contribution in [0.25, 0.3) is 0 Å².